The van der Waals surface area contributed by atoms with Crippen LogP contribution in [0.15, 0.2) is 12.2 Å². The zero-order valence-electron chi connectivity index (χ0n) is 7.48. The molecule has 0 aromatic carbocycles. The first kappa shape index (κ1) is 10.1. The molecule has 2 nitrogen and oxygen atoms in total. The number of hydrogen-bond donors (Lipinski definition) is 2. The molecule has 1 rings (SSSR count). The minimum absolute atomic E-state index is 0.130. The minimum atomic E-state index is -0.130. The third-order valence-electron chi connectivity index (χ3n) is 2.28. The molecule has 0 aromatic rings. The van der Waals surface area contributed by atoms with E-state index in [1.807, 2.05) is 6.08 Å². The van der Waals surface area contributed by atoms with Gasteiger partial charge in [-0.25, -0.2) is 0 Å². The third kappa shape index (κ3) is 2.81. The topological polar surface area (TPSA) is 23.5 Å². The summed E-state index contributed by atoms with van der Waals surface area (Å²) >= 11 is 4.08. The van der Waals surface area contributed by atoms with Crippen molar-refractivity contribution in [3.8, 4) is 0 Å². The Labute approximate surface area is 79.7 Å². The van der Waals surface area contributed by atoms with E-state index >= 15 is 0 Å². The average Bonchev–Trinajstić information content (AvgIpc) is 2.32. The van der Waals surface area contributed by atoms with Gasteiger partial charge in [0, 0.05) is 25.4 Å². The van der Waals surface area contributed by atoms with Gasteiger partial charge < -0.3 is 5.11 Å². The molecule has 12 heavy (non-hydrogen) atoms. The second-order valence-corrected chi connectivity index (χ2v) is 3.78. The first-order chi connectivity index (χ1) is 5.74. The molecule has 1 fully saturated rings. The zero-order valence-corrected chi connectivity index (χ0v) is 8.37. The molecule has 1 heterocycles. The van der Waals surface area contributed by atoms with Crippen molar-refractivity contribution in [2.24, 2.45) is 5.92 Å². The molecule has 70 valence electrons. The lowest BCUT2D eigenvalue weighted by molar-refractivity contribution is 0.149. The molecule has 1 aliphatic heterocycles. The van der Waals surface area contributed by atoms with E-state index in [-0.39, 0.29) is 6.10 Å². The van der Waals surface area contributed by atoms with Crippen molar-refractivity contribution in [1.29, 1.82) is 0 Å². The smallest absolute Gasteiger partial charge is 0.0704 e. The third-order valence-corrected chi connectivity index (χ3v) is 2.49. The van der Waals surface area contributed by atoms with Gasteiger partial charge in [0.05, 0.1) is 6.10 Å². The Morgan fingerprint density at radius 2 is 2.25 bits per heavy atom. The van der Waals surface area contributed by atoms with Gasteiger partial charge in [-0.3, -0.25) is 4.90 Å². The molecule has 1 saturated heterocycles. The highest BCUT2D eigenvalue weighted by molar-refractivity contribution is 7.80. The van der Waals surface area contributed by atoms with Crippen LogP contribution in [0.5, 0.6) is 0 Å². The first-order valence-corrected chi connectivity index (χ1v) is 5.03. The van der Waals surface area contributed by atoms with Crippen molar-refractivity contribution in [2.45, 2.75) is 13.0 Å². The lowest BCUT2D eigenvalue weighted by Crippen LogP contribution is -2.21. The minimum Gasteiger partial charge on any atom is -0.391 e. The van der Waals surface area contributed by atoms with Crippen molar-refractivity contribution < 1.29 is 5.11 Å². The maximum absolute atomic E-state index is 9.44. The Hall–Kier alpha value is 0.01000. The number of hydrogen-bond acceptors (Lipinski definition) is 3. The molecule has 1 N–H and O–H groups in total. The van der Waals surface area contributed by atoms with Crippen molar-refractivity contribution in [3.63, 3.8) is 0 Å². The number of likely N-dealkylation sites (tertiary alicyclic amines) is 1. The molecular weight excluding hydrogens is 170 g/mol. The highest BCUT2D eigenvalue weighted by Gasteiger charge is 2.26. The highest BCUT2D eigenvalue weighted by Crippen LogP contribution is 2.15. The van der Waals surface area contributed by atoms with Crippen LogP contribution in [0.2, 0.25) is 0 Å². The second kappa shape index (κ2) is 4.90. The quantitative estimate of drug-likeness (QED) is 0.504. The number of thiol groups is 1. The van der Waals surface area contributed by atoms with Crippen LogP contribution in [0.4, 0.5) is 0 Å². The molecular formula is C9H17NOS. The maximum atomic E-state index is 9.44. The van der Waals surface area contributed by atoms with Gasteiger partial charge in [0.2, 0.25) is 0 Å². The number of aliphatic hydroxyl groups is 1. The molecule has 0 bridgehead atoms. The Kier molecular flexibility index (Phi) is 4.12. The van der Waals surface area contributed by atoms with Crippen molar-refractivity contribution in [3.05, 3.63) is 12.2 Å². The molecule has 0 radical (unpaired) electrons. The van der Waals surface area contributed by atoms with E-state index < -0.39 is 0 Å². The van der Waals surface area contributed by atoms with Crippen molar-refractivity contribution in [1.82, 2.24) is 4.90 Å². The number of β-amino-alcohol motifs (C(OH)–C–C–N with tert-alkyl or cyclic N) is 1. The Balaban J connectivity index is 2.23. The summed E-state index contributed by atoms with van der Waals surface area (Å²) in [6.45, 7) is 4.87. The van der Waals surface area contributed by atoms with Gasteiger partial charge >= 0.3 is 0 Å². The van der Waals surface area contributed by atoms with E-state index in [0.29, 0.717) is 5.92 Å². The molecule has 0 amide bonds. The molecule has 2 unspecified atom stereocenters. The summed E-state index contributed by atoms with van der Waals surface area (Å²) in [4.78, 5) is 2.26. The summed E-state index contributed by atoms with van der Waals surface area (Å²) in [7, 11) is 0. The zero-order chi connectivity index (χ0) is 8.97. The normalized spacial score (nSPS) is 31.9. The predicted molar refractivity (Wildman–Crippen MR) is 54.6 cm³/mol. The average molecular weight is 187 g/mol. The van der Waals surface area contributed by atoms with Gasteiger partial charge in [0.1, 0.15) is 0 Å². The van der Waals surface area contributed by atoms with E-state index in [9.17, 15) is 5.11 Å². The molecule has 0 saturated carbocycles. The van der Waals surface area contributed by atoms with Crippen LogP contribution in [-0.2, 0) is 0 Å². The lowest BCUT2D eigenvalue weighted by atomic mass is 10.1. The molecule has 0 spiro atoms. The van der Waals surface area contributed by atoms with Crippen LogP contribution in [-0.4, -0.2) is 41.5 Å². The van der Waals surface area contributed by atoms with Gasteiger partial charge in [-0.1, -0.05) is 19.1 Å². The molecule has 0 aromatic heterocycles. The van der Waals surface area contributed by atoms with E-state index in [1.54, 1.807) is 0 Å². The standard InChI is InChI=1S/C9H17NOS/c1-8-6-10(7-9(8)11)4-2-3-5-12/h2-3,8-9,11-12H,4-7H2,1H3/b3-2+. The lowest BCUT2D eigenvalue weighted by Gasteiger charge is -2.10. The largest absolute Gasteiger partial charge is 0.391 e. The van der Waals surface area contributed by atoms with E-state index in [1.165, 1.54) is 0 Å². The summed E-state index contributed by atoms with van der Waals surface area (Å²) in [6, 6.07) is 0. The molecule has 2 atom stereocenters. The number of rotatable bonds is 3. The van der Waals surface area contributed by atoms with Crippen molar-refractivity contribution >= 4 is 12.6 Å². The molecule has 1 aliphatic rings. The van der Waals surface area contributed by atoms with Crippen LogP contribution in [0, 0.1) is 5.92 Å². The van der Waals surface area contributed by atoms with Gasteiger partial charge in [-0.05, 0) is 5.92 Å². The summed E-state index contributed by atoms with van der Waals surface area (Å²) in [5, 5.41) is 9.44. The maximum Gasteiger partial charge on any atom is 0.0704 e. The molecule has 3 heteroatoms. The Morgan fingerprint density at radius 3 is 2.75 bits per heavy atom. The molecule has 0 aliphatic carbocycles. The van der Waals surface area contributed by atoms with E-state index in [4.69, 9.17) is 0 Å². The summed E-state index contributed by atoms with van der Waals surface area (Å²) in [6.07, 6.45) is 4.02. The SMILES string of the molecule is CC1CN(C/C=C/CS)CC1O. The Morgan fingerprint density at radius 1 is 1.50 bits per heavy atom. The van der Waals surface area contributed by atoms with Crippen LogP contribution in [0.1, 0.15) is 6.92 Å². The summed E-state index contributed by atoms with van der Waals surface area (Å²) in [5.74, 6) is 1.22. The van der Waals surface area contributed by atoms with Crippen LogP contribution >= 0.6 is 12.6 Å². The monoisotopic (exact) mass is 187 g/mol. The van der Waals surface area contributed by atoms with Crippen LogP contribution in [0.3, 0.4) is 0 Å². The van der Waals surface area contributed by atoms with Crippen LogP contribution < -0.4 is 0 Å². The number of aliphatic hydroxyl groups excluding tert-OH is 1. The fourth-order valence-electron chi connectivity index (χ4n) is 1.50. The fraction of sp³-hybridized carbons (Fsp3) is 0.778. The van der Waals surface area contributed by atoms with Gasteiger partial charge in [-0.2, -0.15) is 12.6 Å². The van der Waals surface area contributed by atoms with E-state index in [2.05, 4.69) is 30.5 Å². The van der Waals surface area contributed by atoms with Gasteiger partial charge in [-0.15, -0.1) is 0 Å². The van der Waals surface area contributed by atoms with E-state index in [0.717, 1.165) is 25.4 Å². The van der Waals surface area contributed by atoms with Gasteiger partial charge in [0.15, 0.2) is 0 Å². The summed E-state index contributed by atoms with van der Waals surface area (Å²) in [5.41, 5.74) is 0. The fourth-order valence-corrected chi connectivity index (χ4v) is 1.64. The second-order valence-electron chi connectivity index (χ2n) is 3.42. The highest BCUT2D eigenvalue weighted by atomic mass is 32.1. The number of nitrogens with zero attached hydrogens (tertiary/aromatic N) is 1. The summed E-state index contributed by atoms with van der Waals surface area (Å²) < 4.78 is 0. The first-order valence-electron chi connectivity index (χ1n) is 4.40. The van der Waals surface area contributed by atoms with Crippen LogP contribution in [0.25, 0.3) is 0 Å². The van der Waals surface area contributed by atoms with Crippen molar-refractivity contribution in [2.75, 3.05) is 25.4 Å². The predicted octanol–water partition coefficient (Wildman–Crippen LogP) is 0.785. The van der Waals surface area contributed by atoms with Gasteiger partial charge in [0.25, 0.3) is 0 Å². The Bertz CT molecular complexity index is 151.